The van der Waals surface area contributed by atoms with Crippen LogP contribution in [0.1, 0.15) is 0 Å². The first-order valence-electron chi connectivity index (χ1n) is 6.75. The number of nitrogens with one attached hydrogen (secondary N) is 1. The molecule has 25 heavy (non-hydrogen) atoms. The van der Waals surface area contributed by atoms with Crippen LogP contribution in [0.2, 0.25) is 0 Å². The largest absolute Gasteiger partial charge is 0.359 e. The van der Waals surface area contributed by atoms with E-state index in [-0.39, 0.29) is 17.3 Å². The van der Waals surface area contributed by atoms with Gasteiger partial charge in [0.25, 0.3) is 5.90 Å². The third-order valence-corrected chi connectivity index (χ3v) is 4.04. The van der Waals surface area contributed by atoms with Crippen molar-refractivity contribution in [2.75, 3.05) is 6.26 Å². The fourth-order valence-corrected chi connectivity index (χ4v) is 2.60. The Bertz CT molecular complexity index is 880. The summed E-state index contributed by atoms with van der Waals surface area (Å²) in [6.07, 6.45) is 8.27. The van der Waals surface area contributed by atoms with Crippen LogP contribution in [-0.2, 0) is 14.4 Å². The van der Waals surface area contributed by atoms with Crippen LogP contribution in [0.4, 0.5) is 0 Å². The van der Waals surface area contributed by atoms with Crippen LogP contribution in [0.5, 0.6) is 0 Å². The normalized spacial score (nSPS) is 22.7. The van der Waals surface area contributed by atoms with E-state index in [4.69, 9.17) is 4.84 Å². The molecule has 0 unspecified atom stereocenters. The minimum atomic E-state index is -1.19. The number of ketones is 2. The summed E-state index contributed by atoms with van der Waals surface area (Å²) in [6, 6.07) is 0. The summed E-state index contributed by atoms with van der Waals surface area (Å²) in [4.78, 5) is 42.3. The number of allylic oxidation sites excluding steroid dienone is 5. The van der Waals surface area contributed by atoms with E-state index < -0.39 is 22.2 Å². The number of carbonyl (C=O) groups excluding carboxylic acids is 2. The van der Waals surface area contributed by atoms with Gasteiger partial charge in [0.15, 0.2) is 5.82 Å². The molecular formula is C14H10N4O6S. The van der Waals surface area contributed by atoms with Gasteiger partial charge in [-0.2, -0.15) is 4.99 Å². The van der Waals surface area contributed by atoms with Gasteiger partial charge in [-0.05, 0) is 18.4 Å². The van der Waals surface area contributed by atoms with Crippen LogP contribution in [0.3, 0.4) is 0 Å². The van der Waals surface area contributed by atoms with E-state index in [2.05, 4.69) is 10.5 Å². The molecule has 0 saturated heterocycles. The highest BCUT2D eigenvalue weighted by Crippen LogP contribution is 2.26. The van der Waals surface area contributed by atoms with Gasteiger partial charge in [0.2, 0.25) is 5.78 Å². The van der Waals surface area contributed by atoms with Crippen molar-refractivity contribution < 1.29 is 24.6 Å². The highest BCUT2D eigenvalue weighted by molar-refractivity contribution is 8.02. The molecule has 3 aliphatic rings. The fraction of sp³-hybridized carbons (Fsp3) is 0.0714. The lowest BCUT2D eigenvalue weighted by Gasteiger charge is -2.18. The lowest BCUT2D eigenvalue weighted by Crippen LogP contribution is -2.25. The molecule has 11 heteroatoms. The maximum atomic E-state index is 11.6. The molecule has 10 nitrogen and oxygen atoms in total. The standard InChI is InChI=1S/C14H10N4O6S/c1-25-11-6-7(2-3-17(11)21)13-15-14(24-16-13)8-4-9(18(22)23)12(20)10(19)5-8/h2-6,16,21H,1H3. The third kappa shape index (κ3) is 3.09. The zero-order valence-electron chi connectivity index (χ0n) is 12.6. The van der Waals surface area contributed by atoms with E-state index in [1.807, 2.05) is 0 Å². The summed E-state index contributed by atoms with van der Waals surface area (Å²) in [5.74, 6) is -2.01. The lowest BCUT2D eigenvalue weighted by atomic mass is 10.0. The topological polar surface area (TPSA) is 134 Å². The van der Waals surface area contributed by atoms with Crippen LogP contribution >= 0.6 is 11.8 Å². The molecule has 0 aromatic carbocycles. The molecule has 2 N–H and O–H groups in total. The van der Waals surface area contributed by atoms with Crippen molar-refractivity contribution in [1.29, 1.82) is 0 Å². The van der Waals surface area contributed by atoms with Crippen molar-refractivity contribution >= 4 is 29.2 Å². The summed E-state index contributed by atoms with van der Waals surface area (Å²) < 4.78 is 0. The Balaban J connectivity index is 1.96. The number of carbonyl (C=O) groups is 2. The molecule has 0 radical (unpaired) electrons. The number of Topliss-reactive ketones (excluding diaryl/α,β-unsaturated/α-hetero) is 1. The highest BCUT2D eigenvalue weighted by atomic mass is 32.2. The summed E-state index contributed by atoms with van der Waals surface area (Å²) in [5, 5.41) is 22.0. The molecule has 0 aromatic heterocycles. The van der Waals surface area contributed by atoms with Gasteiger partial charge in [0.05, 0.1) is 10.5 Å². The molecule has 0 spiro atoms. The van der Waals surface area contributed by atoms with Crippen molar-refractivity contribution in [3.8, 4) is 0 Å². The Kier molecular flexibility index (Phi) is 4.25. The first kappa shape index (κ1) is 16.7. The highest BCUT2D eigenvalue weighted by Gasteiger charge is 2.34. The Hall–Kier alpha value is -3.18. The van der Waals surface area contributed by atoms with Crippen LogP contribution in [0.25, 0.3) is 0 Å². The minimum Gasteiger partial charge on any atom is -0.359 e. The first-order valence-corrected chi connectivity index (χ1v) is 7.98. The smallest absolute Gasteiger partial charge is 0.321 e. The Morgan fingerprint density at radius 3 is 2.80 bits per heavy atom. The second-order valence-electron chi connectivity index (χ2n) is 4.85. The Morgan fingerprint density at radius 2 is 2.12 bits per heavy atom. The summed E-state index contributed by atoms with van der Waals surface area (Å²) >= 11 is 1.31. The van der Waals surface area contributed by atoms with Crippen LogP contribution < -0.4 is 5.48 Å². The van der Waals surface area contributed by atoms with Crippen molar-refractivity contribution in [2.24, 2.45) is 4.99 Å². The number of thioether (sulfide) groups is 1. The van der Waals surface area contributed by atoms with E-state index in [0.717, 1.165) is 17.2 Å². The minimum absolute atomic E-state index is 0.0112. The summed E-state index contributed by atoms with van der Waals surface area (Å²) in [6.45, 7) is 0. The van der Waals surface area contributed by atoms with E-state index in [1.54, 1.807) is 18.4 Å². The SMILES string of the molecule is CSC1=CC(=C2N=C(C3=CC(=O)C(=O)C([N+](=O)[O-])=C3)ON2)C=CN1O. The van der Waals surface area contributed by atoms with Gasteiger partial charge in [-0.25, -0.2) is 10.5 Å². The number of hydroxylamine groups is 3. The molecule has 1 aliphatic carbocycles. The number of hydrogen-bond acceptors (Lipinski definition) is 10. The number of nitro groups is 1. The van der Waals surface area contributed by atoms with E-state index >= 15 is 0 Å². The maximum Gasteiger partial charge on any atom is 0.321 e. The van der Waals surface area contributed by atoms with Gasteiger partial charge < -0.3 is 4.84 Å². The average Bonchev–Trinajstić information content (AvgIpc) is 3.07. The van der Waals surface area contributed by atoms with Gasteiger partial charge >= 0.3 is 11.5 Å². The quantitative estimate of drug-likeness (QED) is 0.323. The lowest BCUT2D eigenvalue weighted by molar-refractivity contribution is -0.418. The van der Waals surface area contributed by atoms with Gasteiger partial charge in [0, 0.05) is 23.9 Å². The van der Waals surface area contributed by atoms with E-state index in [1.165, 1.54) is 18.0 Å². The van der Waals surface area contributed by atoms with Gasteiger partial charge in [0.1, 0.15) is 5.03 Å². The molecular weight excluding hydrogens is 352 g/mol. The zero-order valence-corrected chi connectivity index (χ0v) is 13.4. The average molecular weight is 362 g/mol. The first-order chi connectivity index (χ1) is 11.9. The predicted molar refractivity (Wildman–Crippen MR) is 86.2 cm³/mol. The number of aliphatic imine (C=N–C) groups is 1. The second kappa shape index (κ2) is 6.37. The van der Waals surface area contributed by atoms with Gasteiger partial charge in [-0.15, -0.1) is 11.8 Å². The molecule has 3 rings (SSSR count). The van der Waals surface area contributed by atoms with Gasteiger partial charge in [-0.1, -0.05) is 0 Å². The van der Waals surface area contributed by atoms with Crippen LogP contribution in [0, 0.1) is 10.1 Å². The van der Waals surface area contributed by atoms with E-state index in [9.17, 15) is 24.9 Å². The van der Waals surface area contributed by atoms with E-state index in [0.29, 0.717) is 10.6 Å². The molecule has 2 aliphatic heterocycles. The van der Waals surface area contributed by atoms with Gasteiger partial charge in [-0.3, -0.25) is 24.9 Å². The molecule has 0 atom stereocenters. The van der Waals surface area contributed by atoms with Crippen LogP contribution in [-0.4, -0.2) is 38.9 Å². The monoisotopic (exact) mass is 362 g/mol. The van der Waals surface area contributed by atoms with Crippen molar-refractivity contribution in [1.82, 2.24) is 10.5 Å². The number of nitrogens with zero attached hydrogens (tertiary/aromatic N) is 3. The van der Waals surface area contributed by atoms with Crippen molar-refractivity contribution in [3.63, 3.8) is 0 Å². The van der Waals surface area contributed by atoms with Crippen LogP contribution in [0.15, 0.2) is 63.2 Å². The summed E-state index contributed by atoms with van der Waals surface area (Å²) in [5.41, 5.74) is 2.29. The third-order valence-electron chi connectivity index (χ3n) is 3.32. The number of hydrogen-bond donors (Lipinski definition) is 2. The fourth-order valence-electron chi connectivity index (χ4n) is 2.11. The maximum absolute atomic E-state index is 11.6. The summed E-state index contributed by atoms with van der Waals surface area (Å²) in [7, 11) is 0. The van der Waals surface area contributed by atoms with Crippen molar-refractivity contribution in [3.05, 3.63) is 68.3 Å². The second-order valence-corrected chi connectivity index (χ2v) is 5.68. The molecule has 128 valence electrons. The molecule has 0 amide bonds. The molecule has 0 aromatic rings. The Morgan fingerprint density at radius 1 is 1.36 bits per heavy atom. The number of rotatable bonds is 3. The predicted octanol–water partition coefficient (Wildman–Crippen LogP) is 0.793. The molecule has 0 bridgehead atoms. The van der Waals surface area contributed by atoms with Crippen molar-refractivity contribution in [2.45, 2.75) is 0 Å². The zero-order chi connectivity index (χ0) is 18.1. The molecule has 0 saturated carbocycles. The molecule has 0 fully saturated rings. The molecule has 2 heterocycles. The Labute approximate surface area is 144 Å².